The molecule has 1 unspecified atom stereocenters. The summed E-state index contributed by atoms with van der Waals surface area (Å²) in [6.45, 7) is 0.233. The van der Waals surface area contributed by atoms with Crippen molar-refractivity contribution in [2.45, 2.75) is 31.7 Å². The minimum Gasteiger partial charge on any atom is -0.336 e. The molecular weight excluding hydrogens is 427 g/mol. The predicted octanol–water partition coefficient (Wildman–Crippen LogP) is 2.70. The van der Waals surface area contributed by atoms with Gasteiger partial charge in [-0.3, -0.25) is 14.4 Å². The molecule has 1 aliphatic rings. The Morgan fingerprint density at radius 1 is 1.13 bits per heavy atom. The van der Waals surface area contributed by atoms with Crippen LogP contribution in [0.3, 0.4) is 0 Å². The number of carbonyl (C=O) groups is 3. The van der Waals surface area contributed by atoms with Gasteiger partial charge in [-0.15, -0.1) is 0 Å². The van der Waals surface area contributed by atoms with E-state index in [0.29, 0.717) is 19.1 Å². The number of likely N-dealkylation sites (tertiary alicyclic amines) is 1. The summed E-state index contributed by atoms with van der Waals surface area (Å²) in [4.78, 5) is 36.8. The Hall–Kier alpha value is -2.86. The van der Waals surface area contributed by atoms with Gasteiger partial charge in [0.1, 0.15) is 11.9 Å². The van der Waals surface area contributed by atoms with Gasteiger partial charge < -0.3 is 15.5 Å². The molecule has 30 heavy (non-hydrogen) atoms. The van der Waals surface area contributed by atoms with Gasteiger partial charge in [-0.05, 0) is 31.5 Å². The van der Waals surface area contributed by atoms with Crippen molar-refractivity contribution in [1.82, 2.24) is 10.2 Å². The molecule has 0 saturated carbocycles. The lowest BCUT2D eigenvalue weighted by atomic mass is 10.1. The second kappa shape index (κ2) is 8.48. The number of anilines is 1. The summed E-state index contributed by atoms with van der Waals surface area (Å²) in [5, 5.41) is 3.68. The highest BCUT2D eigenvalue weighted by molar-refractivity contribution is 6.35. The number of hydrogen-bond donors (Lipinski definition) is 2. The Morgan fingerprint density at radius 3 is 2.33 bits per heavy atom. The van der Waals surface area contributed by atoms with Crippen LogP contribution in [0.2, 0.25) is 0 Å². The van der Waals surface area contributed by atoms with Crippen LogP contribution in [0.15, 0.2) is 18.2 Å². The predicted molar refractivity (Wildman–Crippen MR) is 88.4 cm³/mol. The fourth-order valence-electron chi connectivity index (χ4n) is 2.71. The highest BCUT2D eigenvalue weighted by Crippen LogP contribution is 2.33. The van der Waals surface area contributed by atoms with Gasteiger partial charge in [0.05, 0.1) is 11.5 Å². The number of carbonyl (C=O) groups excluding carboxylic acids is 3. The molecule has 1 aromatic rings. The van der Waals surface area contributed by atoms with Crippen LogP contribution < -0.4 is 10.6 Å². The molecule has 1 aliphatic heterocycles. The zero-order chi connectivity index (χ0) is 22.9. The number of nitrogens with one attached hydrogen (secondary N) is 2. The molecular formula is C17H16F7N3O3. The van der Waals surface area contributed by atoms with Gasteiger partial charge in [0.2, 0.25) is 5.91 Å². The molecule has 1 aromatic carbocycles. The number of amides is 3. The van der Waals surface area contributed by atoms with E-state index in [-0.39, 0.29) is 25.2 Å². The molecule has 0 spiro atoms. The maximum Gasteiger partial charge on any atom is 0.419 e. The maximum atomic E-state index is 13.3. The van der Waals surface area contributed by atoms with Crippen molar-refractivity contribution < 1.29 is 45.1 Å². The van der Waals surface area contributed by atoms with Gasteiger partial charge in [-0.2, -0.15) is 26.3 Å². The minimum atomic E-state index is -4.97. The van der Waals surface area contributed by atoms with Crippen molar-refractivity contribution in [2.24, 2.45) is 5.92 Å². The first-order chi connectivity index (χ1) is 13.7. The molecule has 0 aromatic heterocycles. The lowest BCUT2D eigenvalue weighted by molar-refractivity contribution is -0.162. The summed E-state index contributed by atoms with van der Waals surface area (Å²) in [6, 6.07) is -0.379. The standard InChI is InChI=1S/C17H16F7N3O3/c1-8(16(19,20)21)25-14(29)15(30)27-5-4-9(7-27)13(28)26-10-2-3-12(18)11(6-10)17(22,23)24/h2-3,6,8-9H,4-5,7H2,1H3,(H,25,29)(H,26,28)/t8-,9?/m1/s1. The maximum absolute atomic E-state index is 13.3. The van der Waals surface area contributed by atoms with Crippen LogP contribution in [0, 0.1) is 11.7 Å². The zero-order valence-electron chi connectivity index (χ0n) is 15.3. The first kappa shape index (κ1) is 23.4. The summed E-state index contributed by atoms with van der Waals surface area (Å²) in [7, 11) is 0. The molecule has 0 aliphatic carbocycles. The molecule has 166 valence electrons. The zero-order valence-corrected chi connectivity index (χ0v) is 15.3. The van der Waals surface area contributed by atoms with E-state index >= 15 is 0 Å². The summed E-state index contributed by atoms with van der Waals surface area (Å²) in [6.07, 6.45) is -9.68. The van der Waals surface area contributed by atoms with Crippen molar-refractivity contribution in [3.63, 3.8) is 0 Å². The van der Waals surface area contributed by atoms with Crippen molar-refractivity contribution in [2.75, 3.05) is 18.4 Å². The minimum absolute atomic E-state index is 0.0347. The number of hydrogen-bond acceptors (Lipinski definition) is 3. The average Bonchev–Trinajstić information content (AvgIpc) is 3.11. The molecule has 3 amide bonds. The smallest absolute Gasteiger partial charge is 0.336 e. The third-order valence-electron chi connectivity index (χ3n) is 4.42. The SMILES string of the molecule is C[C@@H](NC(=O)C(=O)N1CCC(C(=O)Nc2ccc(F)c(C(F)(F)F)c2)C1)C(F)(F)F. The van der Waals surface area contributed by atoms with Crippen LogP contribution in [-0.4, -0.2) is 47.9 Å². The third-order valence-corrected chi connectivity index (χ3v) is 4.42. The summed E-state index contributed by atoms with van der Waals surface area (Å²) in [5.41, 5.74) is -1.89. The monoisotopic (exact) mass is 443 g/mol. The largest absolute Gasteiger partial charge is 0.419 e. The second-order valence-corrected chi connectivity index (χ2v) is 6.66. The summed E-state index contributed by atoms with van der Waals surface area (Å²) in [5.74, 6) is -5.97. The Labute approximate surface area is 165 Å². The number of nitrogens with zero attached hydrogens (tertiary/aromatic N) is 1. The average molecular weight is 443 g/mol. The summed E-state index contributed by atoms with van der Waals surface area (Å²) >= 11 is 0. The Bertz CT molecular complexity index is 839. The lowest BCUT2D eigenvalue weighted by Crippen LogP contribution is -2.49. The molecule has 0 radical (unpaired) electrons. The van der Waals surface area contributed by atoms with Gasteiger partial charge >= 0.3 is 24.2 Å². The van der Waals surface area contributed by atoms with Crippen LogP contribution in [-0.2, 0) is 20.6 Å². The molecule has 6 nitrogen and oxygen atoms in total. The number of benzene rings is 1. The van der Waals surface area contributed by atoms with Crippen molar-refractivity contribution in [3.05, 3.63) is 29.6 Å². The van der Waals surface area contributed by atoms with Crippen molar-refractivity contribution in [1.29, 1.82) is 0 Å². The topological polar surface area (TPSA) is 78.5 Å². The second-order valence-electron chi connectivity index (χ2n) is 6.66. The Kier molecular flexibility index (Phi) is 6.62. The Balaban J connectivity index is 1.98. The molecule has 2 rings (SSSR count). The van der Waals surface area contributed by atoms with E-state index in [1.807, 2.05) is 0 Å². The van der Waals surface area contributed by atoms with Gasteiger partial charge in [0, 0.05) is 18.8 Å². The molecule has 1 saturated heterocycles. The van der Waals surface area contributed by atoms with Gasteiger partial charge in [0.25, 0.3) is 0 Å². The number of rotatable bonds is 3. The molecule has 1 fully saturated rings. The molecule has 2 N–H and O–H groups in total. The van der Waals surface area contributed by atoms with E-state index in [1.165, 1.54) is 5.32 Å². The molecule has 2 atom stereocenters. The Morgan fingerprint density at radius 2 is 1.77 bits per heavy atom. The van der Waals surface area contributed by atoms with E-state index in [9.17, 15) is 45.1 Å². The van der Waals surface area contributed by atoms with Crippen LogP contribution in [0.5, 0.6) is 0 Å². The summed E-state index contributed by atoms with van der Waals surface area (Å²) < 4.78 is 88.9. The van der Waals surface area contributed by atoms with E-state index in [1.54, 1.807) is 0 Å². The van der Waals surface area contributed by atoms with E-state index < -0.39 is 53.4 Å². The van der Waals surface area contributed by atoms with Gasteiger partial charge in [0.15, 0.2) is 0 Å². The van der Waals surface area contributed by atoms with Crippen LogP contribution in [0.4, 0.5) is 36.4 Å². The van der Waals surface area contributed by atoms with Crippen molar-refractivity contribution in [3.8, 4) is 0 Å². The first-order valence-electron chi connectivity index (χ1n) is 8.54. The fourth-order valence-corrected chi connectivity index (χ4v) is 2.71. The first-order valence-corrected chi connectivity index (χ1v) is 8.54. The normalized spacial score (nSPS) is 18.1. The van der Waals surface area contributed by atoms with E-state index in [2.05, 4.69) is 5.32 Å². The quantitative estimate of drug-likeness (QED) is 0.557. The highest BCUT2D eigenvalue weighted by Gasteiger charge is 2.40. The van der Waals surface area contributed by atoms with Gasteiger partial charge in [-0.25, -0.2) is 4.39 Å². The number of halogens is 7. The van der Waals surface area contributed by atoms with E-state index in [4.69, 9.17) is 0 Å². The van der Waals surface area contributed by atoms with Gasteiger partial charge in [-0.1, -0.05) is 0 Å². The van der Waals surface area contributed by atoms with Crippen LogP contribution in [0.25, 0.3) is 0 Å². The molecule has 0 bridgehead atoms. The lowest BCUT2D eigenvalue weighted by Gasteiger charge is -2.20. The molecule has 13 heteroatoms. The van der Waals surface area contributed by atoms with Crippen LogP contribution in [0.1, 0.15) is 18.9 Å². The fraction of sp³-hybridized carbons (Fsp3) is 0.471. The van der Waals surface area contributed by atoms with Crippen molar-refractivity contribution >= 4 is 23.4 Å². The number of alkyl halides is 6. The highest BCUT2D eigenvalue weighted by atomic mass is 19.4. The van der Waals surface area contributed by atoms with E-state index in [0.717, 1.165) is 11.0 Å². The third kappa shape index (κ3) is 5.60. The molecule has 1 heterocycles. The van der Waals surface area contributed by atoms with Crippen LogP contribution >= 0.6 is 0 Å².